The summed E-state index contributed by atoms with van der Waals surface area (Å²) < 4.78 is 2.02. The van der Waals surface area contributed by atoms with Crippen molar-refractivity contribution < 1.29 is 0 Å². The van der Waals surface area contributed by atoms with Crippen LogP contribution in [0.1, 0.15) is 39.5 Å². The van der Waals surface area contributed by atoms with Crippen LogP contribution in [0.3, 0.4) is 0 Å². The van der Waals surface area contributed by atoms with Crippen LogP contribution < -0.4 is 10.6 Å². The fraction of sp³-hybridized carbons (Fsp3) is 0.600. The van der Waals surface area contributed by atoms with Gasteiger partial charge < -0.3 is 15.0 Å². The average molecular weight is 273 g/mol. The summed E-state index contributed by atoms with van der Waals surface area (Å²) in [6.45, 7) is 6.28. The molecule has 0 saturated heterocycles. The Bertz CT molecular complexity index is 583. The van der Waals surface area contributed by atoms with Crippen molar-refractivity contribution in [2.75, 3.05) is 23.7 Å². The monoisotopic (exact) mass is 273 g/mol. The zero-order valence-corrected chi connectivity index (χ0v) is 12.3. The lowest BCUT2D eigenvalue weighted by Crippen LogP contribution is -2.23. The quantitative estimate of drug-likeness (QED) is 0.878. The molecule has 1 aliphatic carbocycles. The van der Waals surface area contributed by atoms with E-state index in [1.165, 1.54) is 25.7 Å². The molecule has 1 saturated carbocycles. The Labute approximate surface area is 119 Å². The molecule has 0 aromatic carbocycles. The number of hydrogen-bond donors (Lipinski definition) is 2. The van der Waals surface area contributed by atoms with Gasteiger partial charge in [0.2, 0.25) is 0 Å². The van der Waals surface area contributed by atoms with Crippen molar-refractivity contribution in [2.24, 2.45) is 5.41 Å². The van der Waals surface area contributed by atoms with Gasteiger partial charge in [0.1, 0.15) is 5.82 Å². The van der Waals surface area contributed by atoms with Crippen molar-refractivity contribution in [3.05, 3.63) is 18.6 Å². The highest BCUT2D eigenvalue weighted by atomic mass is 15.1. The maximum atomic E-state index is 4.65. The van der Waals surface area contributed by atoms with E-state index in [1.54, 1.807) is 0 Å². The molecule has 5 nitrogen and oxygen atoms in total. The molecular formula is C15H23N5. The molecule has 5 heteroatoms. The van der Waals surface area contributed by atoms with Crippen molar-refractivity contribution in [1.82, 2.24) is 14.4 Å². The van der Waals surface area contributed by atoms with Crippen molar-refractivity contribution in [3.8, 4) is 0 Å². The fourth-order valence-electron chi connectivity index (χ4n) is 3.02. The number of nitrogens with one attached hydrogen (secondary N) is 2. The van der Waals surface area contributed by atoms with Gasteiger partial charge in [-0.15, -0.1) is 0 Å². The number of anilines is 2. The van der Waals surface area contributed by atoms with Crippen molar-refractivity contribution in [1.29, 1.82) is 0 Å². The largest absolute Gasteiger partial charge is 0.369 e. The molecule has 2 N–H and O–H groups in total. The van der Waals surface area contributed by atoms with Gasteiger partial charge >= 0.3 is 0 Å². The molecule has 0 bridgehead atoms. The maximum Gasteiger partial charge on any atom is 0.180 e. The topological polar surface area (TPSA) is 54.2 Å². The van der Waals surface area contributed by atoms with Crippen LogP contribution >= 0.6 is 0 Å². The van der Waals surface area contributed by atoms with Gasteiger partial charge in [0.05, 0.1) is 6.20 Å². The molecule has 20 heavy (non-hydrogen) atoms. The number of nitrogens with zero attached hydrogens (tertiary/aromatic N) is 3. The molecule has 2 aromatic rings. The van der Waals surface area contributed by atoms with Crippen LogP contribution in [-0.4, -0.2) is 27.5 Å². The highest BCUT2D eigenvalue weighted by molar-refractivity contribution is 5.65. The molecule has 1 aliphatic rings. The van der Waals surface area contributed by atoms with Crippen LogP contribution in [0.4, 0.5) is 11.6 Å². The third kappa shape index (κ3) is 2.57. The maximum absolute atomic E-state index is 4.65. The Morgan fingerprint density at radius 3 is 2.85 bits per heavy atom. The summed E-state index contributed by atoms with van der Waals surface area (Å²) in [7, 11) is 0. The van der Waals surface area contributed by atoms with Gasteiger partial charge in [-0.05, 0) is 25.2 Å². The number of imidazole rings is 1. The molecule has 0 amide bonds. The van der Waals surface area contributed by atoms with Crippen molar-refractivity contribution in [2.45, 2.75) is 39.5 Å². The Hall–Kier alpha value is -1.78. The van der Waals surface area contributed by atoms with Gasteiger partial charge in [-0.25, -0.2) is 9.97 Å². The first kappa shape index (κ1) is 13.2. The van der Waals surface area contributed by atoms with Crippen molar-refractivity contribution in [3.63, 3.8) is 0 Å². The Balaban J connectivity index is 1.83. The van der Waals surface area contributed by atoms with Crippen molar-refractivity contribution >= 4 is 17.3 Å². The van der Waals surface area contributed by atoms with Gasteiger partial charge in [0.25, 0.3) is 0 Å². The van der Waals surface area contributed by atoms with E-state index in [1.807, 2.05) is 23.0 Å². The number of hydrogen-bond acceptors (Lipinski definition) is 4. The van der Waals surface area contributed by atoms with Crippen LogP contribution in [-0.2, 0) is 0 Å². The molecule has 3 rings (SSSR count). The fourth-order valence-corrected chi connectivity index (χ4v) is 3.02. The lowest BCUT2D eigenvalue weighted by atomic mass is 9.89. The second kappa shape index (κ2) is 5.31. The first-order chi connectivity index (χ1) is 9.70. The van der Waals surface area contributed by atoms with Gasteiger partial charge in [0, 0.05) is 25.5 Å². The van der Waals surface area contributed by atoms with Crippen LogP contribution in [0, 0.1) is 5.41 Å². The second-order valence-electron chi connectivity index (χ2n) is 6.03. The van der Waals surface area contributed by atoms with Crippen LogP contribution in [0.15, 0.2) is 18.6 Å². The first-order valence-corrected chi connectivity index (χ1v) is 7.52. The second-order valence-corrected chi connectivity index (χ2v) is 6.03. The minimum absolute atomic E-state index is 0.402. The standard InChI is InChI=1S/C15H23N5/c1-3-16-12-10-20-9-8-17-14(20)13(19-12)18-11-15(2)6-4-5-7-15/h8-10,16H,3-7,11H2,1-2H3,(H,18,19). The van der Waals surface area contributed by atoms with E-state index in [4.69, 9.17) is 0 Å². The Kier molecular flexibility index (Phi) is 3.51. The summed E-state index contributed by atoms with van der Waals surface area (Å²) in [5.41, 5.74) is 1.30. The summed E-state index contributed by atoms with van der Waals surface area (Å²) in [5.74, 6) is 1.76. The number of fused-ring (bicyclic) bond motifs is 1. The lowest BCUT2D eigenvalue weighted by molar-refractivity contribution is 0.361. The van der Waals surface area contributed by atoms with E-state index in [0.29, 0.717) is 5.41 Å². The third-order valence-corrected chi connectivity index (χ3v) is 4.23. The first-order valence-electron chi connectivity index (χ1n) is 7.52. The van der Waals surface area contributed by atoms with E-state index in [2.05, 4.69) is 34.4 Å². The molecule has 0 radical (unpaired) electrons. The van der Waals surface area contributed by atoms with E-state index < -0.39 is 0 Å². The zero-order valence-electron chi connectivity index (χ0n) is 12.3. The zero-order chi connectivity index (χ0) is 14.0. The van der Waals surface area contributed by atoms with E-state index in [-0.39, 0.29) is 0 Å². The SMILES string of the molecule is CCNc1cn2ccnc2c(NCC2(C)CCCC2)n1. The van der Waals surface area contributed by atoms with Gasteiger partial charge in [-0.1, -0.05) is 19.8 Å². The number of aromatic nitrogens is 3. The predicted octanol–water partition coefficient (Wildman–Crippen LogP) is 3.15. The highest BCUT2D eigenvalue weighted by Crippen LogP contribution is 2.37. The Morgan fingerprint density at radius 1 is 1.30 bits per heavy atom. The van der Waals surface area contributed by atoms with Gasteiger partial charge in [-0.3, -0.25) is 0 Å². The van der Waals surface area contributed by atoms with E-state index in [0.717, 1.165) is 30.4 Å². The number of rotatable bonds is 5. The molecule has 0 aliphatic heterocycles. The van der Waals surface area contributed by atoms with Gasteiger partial charge in [-0.2, -0.15) is 0 Å². The molecule has 108 valence electrons. The van der Waals surface area contributed by atoms with Crippen LogP contribution in [0.2, 0.25) is 0 Å². The van der Waals surface area contributed by atoms with Crippen LogP contribution in [0.25, 0.3) is 5.65 Å². The van der Waals surface area contributed by atoms with Gasteiger partial charge in [0.15, 0.2) is 11.5 Å². The van der Waals surface area contributed by atoms with E-state index >= 15 is 0 Å². The summed E-state index contributed by atoms with van der Waals surface area (Å²) in [6, 6.07) is 0. The minimum atomic E-state index is 0.402. The van der Waals surface area contributed by atoms with E-state index in [9.17, 15) is 0 Å². The molecule has 1 fully saturated rings. The molecule has 2 heterocycles. The molecule has 0 spiro atoms. The lowest BCUT2D eigenvalue weighted by Gasteiger charge is -2.24. The molecule has 0 unspecified atom stereocenters. The molecule has 2 aromatic heterocycles. The highest BCUT2D eigenvalue weighted by Gasteiger charge is 2.28. The summed E-state index contributed by atoms with van der Waals surface area (Å²) >= 11 is 0. The summed E-state index contributed by atoms with van der Waals surface area (Å²) in [6.07, 6.45) is 11.1. The molecule has 0 atom stereocenters. The Morgan fingerprint density at radius 2 is 2.10 bits per heavy atom. The van der Waals surface area contributed by atoms with Crippen LogP contribution in [0.5, 0.6) is 0 Å². The summed E-state index contributed by atoms with van der Waals surface area (Å²) in [4.78, 5) is 9.05. The average Bonchev–Trinajstić information content (AvgIpc) is 3.06. The third-order valence-electron chi connectivity index (χ3n) is 4.23. The summed E-state index contributed by atoms with van der Waals surface area (Å²) in [5, 5.41) is 6.79. The predicted molar refractivity (Wildman–Crippen MR) is 82.2 cm³/mol. The molecular weight excluding hydrogens is 250 g/mol. The minimum Gasteiger partial charge on any atom is -0.369 e. The smallest absolute Gasteiger partial charge is 0.180 e. The normalized spacial score (nSPS) is 17.5.